The van der Waals surface area contributed by atoms with Crippen LogP contribution < -0.4 is 0 Å². The van der Waals surface area contributed by atoms with E-state index in [0.717, 1.165) is 0 Å². The van der Waals surface area contributed by atoms with Gasteiger partial charge in [-0.25, -0.2) is 4.79 Å². The summed E-state index contributed by atoms with van der Waals surface area (Å²) in [5, 5.41) is 14.2. The number of nitrogens with zero attached hydrogens (tertiary/aromatic N) is 3. The summed E-state index contributed by atoms with van der Waals surface area (Å²) in [4.78, 5) is 21.2. The molecule has 0 N–H and O–H groups in total. The molecular formula is C10H12ClN3O4. The van der Waals surface area contributed by atoms with E-state index in [1.165, 1.54) is 18.0 Å². The molecule has 0 radical (unpaired) electrons. The number of nitro groups is 1. The third-order valence-electron chi connectivity index (χ3n) is 2.23. The first kappa shape index (κ1) is 14.2. The lowest BCUT2D eigenvalue weighted by molar-refractivity contribution is -0.389. The van der Waals surface area contributed by atoms with E-state index in [2.05, 4.69) is 9.84 Å². The van der Waals surface area contributed by atoms with Crippen molar-refractivity contribution in [2.24, 2.45) is 0 Å². The van der Waals surface area contributed by atoms with Crippen molar-refractivity contribution in [3.05, 3.63) is 33.0 Å². The third-order valence-corrected chi connectivity index (χ3v) is 2.49. The van der Waals surface area contributed by atoms with Gasteiger partial charge in [-0.05, 0) is 11.3 Å². The maximum Gasteiger partial charge on any atom is 0.408 e. The number of esters is 1. The van der Waals surface area contributed by atoms with Crippen LogP contribution in [0.25, 0.3) is 0 Å². The van der Waals surface area contributed by atoms with Gasteiger partial charge in [0, 0.05) is 5.57 Å². The first-order valence-electron chi connectivity index (χ1n) is 5.14. The first-order valence-corrected chi connectivity index (χ1v) is 5.52. The molecular weight excluding hydrogens is 262 g/mol. The molecule has 0 aliphatic heterocycles. The minimum atomic E-state index is -0.663. The number of allylic oxidation sites excluding steroid dienone is 1. The molecule has 1 aromatic rings. The molecule has 0 saturated heterocycles. The van der Waals surface area contributed by atoms with Crippen molar-refractivity contribution in [2.45, 2.75) is 19.9 Å². The average Bonchev–Trinajstić information content (AvgIpc) is 2.71. The zero-order valence-electron chi connectivity index (χ0n) is 9.92. The molecule has 0 aromatic carbocycles. The van der Waals surface area contributed by atoms with Crippen LogP contribution >= 0.6 is 11.6 Å². The Hall–Kier alpha value is -1.89. The predicted octanol–water partition coefficient (Wildman–Crippen LogP) is 1.95. The van der Waals surface area contributed by atoms with E-state index in [9.17, 15) is 14.9 Å². The van der Waals surface area contributed by atoms with Crippen LogP contribution in [0.3, 0.4) is 0 Å². The minimum absolute atomic E-state index is 0.0375. The number of rotatable bonds is 5. The zero-order chi connectivity index (χ0) is 13.7. The number of ether oxygens (including phenoxy) is 1. The standard InChI is InChI=1S/C10H12ClN3O4/c1-3-7(10(15)18-2)4-5-13-6-8(11)9(12-13)14(16)17/h4,6H,3,5H2,1-2H3. The quantitative estimate of drug-likeness (QED) is 0.354. The number of carbonyl (C=O) groups excluding carboxylic acids is 1. The summed E-state index contributed by atoms with van der Waals surface area (Å²) in [6, 6.07) is 0. The SMILES string of the molecule is CCC(=CCn1cc(Cl)c([N+](=O)[O-])n1)C(=O)OC. The molecule has 98 valence electrons. The first-order chi connectivity index (χ1) is 8.49. The van der Waals surface area contributed by atoms with Gasteiger partial charge in [-0.2, -0.15) is 4.68 Å². The summed E-state index contributed by atoms with van der Waals surface area (Å²) < 4.78 is 5.88. The number of hydrogen-bond donors (Lipinski definition) is 0. The molecule has 0 spiro atoms. The highest BCUT2D eigenvalue weighted by molar-refractivity contribution is 6.32. The second-order valence-corrected chi connectivity index (χ2v) is 3.76. The number of methoxy groups -OCH3 is 1. The van der Waals surface area contributed by atoms with E-state index in [4.69, 9.17) is 11.6 Å². The molecule has 0 saturated carbocycles. The fraction of sp³-hybridized carbons (Fsp3) is 0.400. The number of aromatic nitrogens is 2. The van der Waals surface area contributed by atoms with Crippen molar-refractivity contribution in [3.63, 3.8) is 0 Å². The van der Waals surface area contributed by atoms with E-state index in [1.54, 1.807) is 13.0 Å². The van der Waals surface area contributed by atoms with Crippen LogP contribution in [0.1, 0.15) is 13.3 Å². The highest BCUT2D eigenvalue weighted by Crippen LogP contribution is 2.21. The second kappa shape index (κ2) is 6.15. The summed E-state index contributed by atoms with van der Waals surface area (Å²) >= 11 is 5.64. The Morgan fingerprint density at radius 3 is 2.83 bits per heavy atom. The summed E-state index contributed by atoms with van der Waals surface area (Å²) in [5.41, 5.74) is 0.478. The van der Waals surface area contributed by atoms with Gasteiger partial charge in [-0.1, -0.05) is 24.6 Å². The van der Waals surface area contributed by atoms with Gasteiger partial charge in [0.1, 0.15) is 0 Å². The maximum atomic E-state index is 11.3. The lowest BCUT2D eigenvalue weighted by Gasteiger charge is -2.00. The molecule has 8 heteroatoms. The highest BCUT2D eigenvalue weighted by Gasteiger charge is 2.18. The predicted molar refractivity (Wildman–Crippen MR) is 64.3 cm³/mol. The van der Waals surface area contributed by atoms with Gasteiger partial charge in [-0.15, -0.1) is 0 Å². The van der Waals surface area contributed by atoms with Crippen molar-refractivity contribution in [1.29, 1.82) is 0 Å². The van der Waals surface area contributed by atoms with E-state index in [-0.39, 0.29) is 11.6 Å². The number of halogens is 1. The molecule has 0 bridgehead atoms. The number of hydrogen-bond acceptors (Lipinski definition) is 5. The Balaban J connectivity index is 2.85. The van der Waals surface area contributed by atoms with Crippen molar-refractivity contribution in [2.75, 3.05) is 7.11 Å². The second-order valence-electron chi connectivity index (χ2n) is 3.35. The normalized spacial score (nSPS) is 11.4. The monoisotopic (exact) mass is 273 g/mol. The largest absolute Gasteiger partial charge is 0.466 e. The Kier molecular flexibility index (Phi) is 4.85. The van der Waals surface area contributed by atoms with Crippen LogP contribution in [-0.2, 0) is 16.1 Å². The van der Waals surface area contributed by atoms with Crippen LogP contribution in [-0.4, -0.2) is 27.8 Å². The van der Waals surface area contributed by atoms with Crippen LogP contribution in [0.4, 0.5) is 5.82 Å². The molecule has 18 heavy (non-hydrogen) atoms. The van der Waals surface area contributed by atoms with Crippen molar-refractivity contribution >= 4 is 23.4 Å². The van der Waals surface area contributed by atoms with E-state index < -0.39 is 16.7 Å². The van der Waals surface area contributed by atoms with Crippen molar-refractivity contribution in [1.82, 2.24) is 9.78 Å². The fourth-order valence-corrected chi connectivity index (χ4v) is 1.53. The van der Waals surface area contributed by atoms with Gasteiger partial charge in [0.25, 0.3) is 0 Å². The molecule has 0 fully saturated rings. The van der Waals surface area contributed by atoms with Crippen LogP contribution in [0.5, 0.6) is 0 Å². The molecule has 1 heterocycles. The summed E-state index contributed by atoms with van der Waals surface area (Å²) in [6.07, 6.45) is 3.43. The smallest absolute Gasteiger partial charge is 0.408 e. The molecule has 7 nitrogen and oxygen atoms in total. The highest BCUT2D eigenvalue weighted by atomic mass is 35.5. The van der Waals surface area contributed by atoms with E-state index in [1.807, 2.05) is 0 Å². The van der Waals surface area contributed by atoms with E-state index >= 15 is 0 Å². The third kappa shape index (κ3) is 3.30. The average molecular weight is 274 g/mol. The van der Waals surface area contributed by atoms with Crippen LogP contribution in [0.2, 0.25) is 5.02 Å². The molecule has 0 unspecified atom stereocenters. The molecule has 1 rings (SSSR count). The zero-order valence-corrected chi connectivity index (χ0v) is 10.7. The Bertz CT molecular complexity index is 495. The Morgan fingerprint density at radius 1 is 1.72 bits per heavy atom. The van der Waals surface area contributed by atoms with Crippen LogP contribution in [0.15, 0.2) is 17.8 Å². The Morgan fingerprint density at radius 2 is 2.39 bits per heavy atom. The summed E-state index contributed by atoms with van der Waals surface area (Å²) in [7, 11) is 1.29. The van der Waals surface area contributed by atoms with Crippen molar-refractivity contribution < 1.29 is 14.5 Å². The molecule has 0 aliphatic carbocycles. The van der Waals surface area contributed by atoms with Crippen molar-refractivity contribution in [3.8, 4) is 0 Å². The lowest BCUT2D eigenvalue weighted by Crippen LogP contribution is -2.06. The fourth-order valence-electron chi connectivity index (χ4n) is 1.31. The van der Waals surface area contributed by atoms with Crippen LogP contribution in [0, 0.1) is 10.1 Å². The Labute approximate surface area is 108 Å². The summed E-state index contributed by atoms with van der Waals surface area (Å²) in [5.74, 6) is -0.827. The van der Waals surface area contributed by atoms with Gasteiger partial charge in [0.05, 0.1) is 25.0 Å². The maximum absolute atomic E-state index is 11.3. The number of carbonyl (C=O) groups is 1. The molecule has 0 amide bonds. The van der Waals surface area contributed by atoms with Gasteiger partial charge in [0.2, 0.25) is 0 Å². The molecule has 0 aliphatic rings. The molecule has 1 aromatic heterocycles. The molecule has 0 atom stereocenters. The van der Waals surface area contributed by atoms with Gasteiger partial charge in [-0.3, -0.25) is 0 Å². The van der Waals surface area contributed by atoms with E-state index in [0.29, 0.717) is 12.0 Å². The van der Waals surface area contributed by atoms with Gasteiger partial charge in [0.15, 0.2) is 5.02 Å². The minimum Gasteiger partial charge on any atom is -0.466 e. The van der Waals surface area contributed by atoms with Gasteiger partial charge >= 0.3 is 11.8 Å². The topological polar surface area (TPSA) is 87.3 Å². The lowest BCUT2D eigenvalue weighted by atomic mass is 10.2. The van der Waals surface area contributed by atoms with Gasteiger partial charge < -0.3 is 14.9 Å². The summed E-state index contributed by atoms with van der Waals surface area (Å²) in [6.45, 7) is 2.02.